The van der Waals surface area contributed by atoms with Crippen LogP contribution in [-0.4, -0.2) is 42.9 Å². The predicted molar refractivity (Wildman–Crippen MR) is 119 cm³/mol. The van der Waals surface area contributed by atoms with Crippen molar-refractivity contribution < 1.29 is 9.59 Å². The van der Waals surface area contributed by atoms with Crippen molar-refractivity contribution >= 4 is 50.5 Å². The van der Waals surface area contributed by atoms with Gasteiger partial charge in [-0.3, -0.25) is 9.59 Å². The quantitative estimate of drug-likeness (QED) is 0.644. The molecular weight excluding hydrogens is 406 g/mol. The second-order valence-electron chi connectivity index (χ2n) is 7.12. The summed E-state index contributed by atoms with van der Waals surface area (Å²) in [6.07, 6.45) is 0.936. The first-order valence-corrected chi connectivity index (χ1v) is 10.8. The van der Waals surface area contributed by atoms with Crippen LogP contribution in [0.1, 0.15) is 32.0 Å². The molecule has 2 heterocycles. The summed E-state index contributed by atoms with van der Waals surface area (Å²) in [6.45, 7) is 5.05. The van der Waals surface area contributed by atoms with Gasteiger partial charge in [-0.25, -0.2) is 0 Å². The van der Waals surface area contributed by atoms with Crippen molar-refractivity contribution in [2.45, 2.75) is 13.3 Å². The monoisotopic (exact) mass is 427 g/mol. The summed E-state index contributed by atoms with van der Waals surface area (Å²) in [5.74, 6) is -0.271. The Morgan fingerprint density at radius 2 is 1.97 bits per heavy atom. The minimum atomic E-state index is -0.261. The molecule has 0 aliphatic carbocycles. The molecule has 5 nitrogen and oxygen atoms in total. The van der Waals surface area contributed by atoms with Crippen LogP contribution in [0.2, 0.25) is 5.02 Å². The normalized spacial score (nSPS) is 14.6. The van der Waals surface area contributed by atoms with E-state index in [0.29, 0.717) is 27.7 Å². The van der Waals surface area contributed by atoms with Crippen LogP contribution in [0.25, 0.3) is 10.1 Å². The summed E-state index contributed by atoms with van der Waals surface area (Å²) < 4.78 is 0.970. The topological polar surface area (TPSA) is 61.4 Å². The Labute approximate surface area is 178 Å². The molecule has 1 saturated heterocycles. The van der Waals surface area contributed by atoms with E-state index in [1.807, 2.05) is 48.2 Å². The lowest BCUT2D eigenvalue weighted by atomic mass is 10.1. The Kier molecular flexibility index (Phi) is 5.85. The van der Waals surface area contributed by atoms with Gasteiger partial charge in [-0.15, -0.1) is 11.3 Å². The molecule has 150 valence electrons. The van der Waals surface area contributed by atoms with Crippen molar-refractivity contribution in [3.8, 4) is 0 Å². The molecule has 1 aromatic heterocycles. The molecule has 1 fully saturated rings. The number of anilines is 1. The highest BCUT2D eigenvalue weighted by molar-refractivity contribution is 7.21. The third-order valence-corrected chi connectivity index (χ3v) is 6.78. The number of rotatable bonds is 3. The Bertz CT molecular complexity index is 1070. The first-order chi connectivity index (χ1) is 14.0. The van der Waals surface area contributed by atoms with Crippen LogP contribution >= 0.6 is 22.9 Å². The average Bonchev–Trinajstić information content (AvgIpc) is 2.90. The molecule has 2 N–H and O–H groups in total. The summed E-state index contributed by atoms with van der Waals surface area (Å²) in [4.78, 5) is 28.1. The third-order valence-electron chi connectivity index (χ3n) is 5.10. The average molecular weight is 428 g/mol. The van der Waals surface area contributed by atoms with E-state index in [1.165, 1.54) is 11.3 Å². The molecule has 1 aliphatic rings. The smallest absolute Gasteiger partial charge is 0.267 e. The molecule has 0 saturated carbocycles. The fourth-order valence-electron chi connectivity index (χ4n) is 3.46. The molecule has 0 bridgehead atoms. The highest BCUT2D eigenvalue weighted by Crippen LogP contribution is 2.35. The zero-order valence-corrected chi connectivity index (χ0v) is 17.7. The first-order valence-electron chi connectivity index (χ1n) is 9.63. The fourth-order valence-corrected chi connectivity index (χ4v) is 4.87. The Morgan fingerprint density at radius 3 is 2.79 bits per heavy atom. The summed E-state index contributed by atoms with van der Waals surface area (Å²) in [5.41, 5.74) is 2.10. The van der Waals surface area contributed by atoms with Gasteiger partial charge in [0.25, 0.3) is 11.8 Å². The van der Waals surface area contributed by atoms with Gasteiger partial charge in [0.2, 0.25) is 0 Å². The van der Waals surface area contributed by atoms with Gasteiger partial charge in [-0.05, 0) is 43.7 Å². The van der Waals surface area contributed by atoms with Crippen LogP contribution in [-0.2, 0) is 0 Å². The Hall–Kier alpha value is -2.41. The lowest BCUT2D eigenvalue weighted by Crippen LogP contribution is -2.34. The van der Waals surface area contributed by atoms with Gasteiger partial charge in [0, 0.05) is 41.0 Å². The van der Waals surface area contributed by atoms with Gasteiger partial charge in [0.1, 0.15) is 4.88 Å². The second kappa shape index (κ2) is 8.53. The number of fused-ring (bicyclic) bond motifs is 1. The molecule has 4 rings (SSSR count). The van der Waals surface area contributed by atoms with E-state index in [-0.39, 0.29) is 11.8 Å². The van der Waals surface area contributed by atoms with Gasteiger partial charge in [0.05, 0.1) is 5.02 Å². The zero-order valence-electron chi connectivity index (χ0n) is 16.1. The Morgan fingerprint density at radius 1 is 1.14 bits per heavy atom. The molecule has 7 heteroatoms. The van der Waals surface area contributed by atoms with E-state index in [9.17, 15) is 9.59 Å². The summed E-state index contributed by atoms with van der Waals surface area (Å²) in [5, 5.41) is 7.58. The first kappa shape index (κ1) is 19.9. The van der Waals surface area contributed by atoms with Gasteiger partial charge in [0.15, 0.2) is 0 Å². The number of aryl methyl sites for hydroxylation is 1. The number of hydrogen-bond acceptors (Lipinski definition) is 4. The lowest BCUT2D eigenvalue weighted by molar-refractivity contribution is 0.0766. The Balaban J connectivity index is 1.58. The van der Waals surface area contributed by atoms with E-state index in [0.717, 1.165) is 41.7 Å². The molecular formula is C22H22ClN3O2S. The number of carbonyl (C=O) groups is 2. The molecule has 3 aromatic rings. The van der Waals surface area contributed by atoms with Crippen LogP contribution in [0, 0.1) is 6.92 Å². The molecule has 2 aromatic carbocycles. The third kappa shape index (κ3) is 4.15. The molecule has 2 amide bonds. The number of hydrogen-bond donors (Lipinski definition) is 2. The van der Waals surface area contributed by atoms with Crippen molar-refractivity contribution in [3.05, 3.63) is 63.5 Å². The van der Waals surface area contributed by atoms with E-state index in [2.05, 4.69) is 10.6 Å². The number of nitrogens with one attached hydrogen (secondary N) is 2. The highest BCUT2D eigenvalue weighted by atomic mass is 35.5. The van der Waals surface area contributed by atoms with Crippen molar-refractivity contribution in [1.29, 1.82) is 0 Å². The van der Waals surface area contributed by atoms with Crippen LogP contribution in [0.5, 0.6) is 0 Å². The second-order valence-corrected chi connectivity index (χ2v) is 8.55. The van der Waals surface area contributed by atoms with Crippen LogP contribution in [0.4, 0.5) is 5.69 Å². The number of carbonyl (C=O) groups excluding carboxylic acids is 2. The predicted octanol–water partition coefficient (Wildman–Crippen LogP) is 4.55. The lowest BCUT2D eigenvalue weighted by Gasteiger charge is -2.20. The van der Waals surface area contributed by atoms with Crippen LogP contribution in [0.3, 0.4) is 0 Å². The maximum Gasteiger partial charge on any atom is 0.267 e. The van der Waals surface area contributed by atoms with Gasteiger partial charge in [-0.2, -0.15) is 0 Å². The molecule has 0 unspecified atom stereocenters. The summed E-state index contributed by atoms with van der Waals surface area (Å²) in [7, 11) is 0. The summed E-state index contributed by atoms with van der Waals surface area (Å²) >= 11 is 7.81. The van der Waals surface area contributed by atoms with E-state index in [1.54, 1.807) is 6.07 Å². The number of nitrogens with zero attached hydrogens (tertiary/aromatic N) is 1. The standard InChI is InChI=1S/C22H22ClN3O2S/c1-14-7-8-15(22(28)26-11-4-9-24-10-12-26)13-17(14)25-21(27)20-19(23)16-5-2-3-6-18(16)29-20/h2-3,5-8,13,24H,4,9-12H2,1H3,(H,25,27). The molecule has 0 radical (unpaired) electrons. The molecule has 0 spiro atoms. The number of thiophene rings is 1. The van der Waals surface area contributed by atoms with Crippen molar-refractivity contribution in [2.75, 3.05) is 31.5 Å². The number of benzene rings is 2. The molecule has 0 atom stereocenters. The van der Waals surface area contributed by atoms with E-state index >= 15 is 0 Å². The molecule has 29 heavy (non-hydrogen) atoms. The largest absolute Gasteiger partial charge is 0.337 e. The summed E-state index contributed by atoms with van der Waals surface area (Å²) in [6, 6.07) is 13.1. The van der Waals surface area contributed by atoms with Crippen molar-refractivity contribution in [1.82, 2.24) is 10.2 Å². The maximum absolute atomic E-state index is 12.9. The highest BCUT2D eigenvalue weighted by Gasteiger charge is 2.20. The van der Waals surface area contributed by atoms with Crippen molar-refractivity contribution in [2.24, 2.45) is 0 Å². The fraction of sp³-hybridized carbons (Fsp3) is 0.273. The van der Waals surface area contributed by atoms with E-state index in [4.69, 9.17) is 11.6 Å². The molecule has 1 aliphatic heterocycles. The number of halogens is 1. The van der Waals surface area contributed by atoms with Crippen molar-refractivity contribution in [3.63, 3.8) is 0 Å². The van der Waals surface area contributed by atoms with Crippen LogP contribution < -0.4 is 10.6 Å². The van der Waals surface area contributed by atoms with Gasteiger partial charge in [-0.1, -0.05) is 35.9 Å². The van der Waals surface area contributed by atoms with E-state index < -0.39 is 0 Å². The van der Waals surface area contributed by atoms with Crippen LogP contribution in [0.15, 0.2) is 42.5 Å². The maximum atomic E-state index is 12.9. The van der Waals surface area contributed by atoms with Gasteiger partial charge >= 0.3 is 0 Å². The minimum absolute atomic E-state index is 0.0101. The number of amides is 2. The SMILES string of the molecule is Cc1ccc(C(=O)N2CCCNCC2)cc1NC(=O)c1sc2ccccc2c1Cl. The zero-order chi connectivity index (χ0) is 20.4. The minimum Gasteiger partial charge on any atom is -0.337 e. The van der Waals surface area contributed by atoms with Gasteiger partial charge < -0.3 is 15.5 Å².